The molecule has 13 heteroatoms. The lowest BCUT2D eigenvalue weighted by molar-refractivity contribution is -0.156. The fraction of sp³-hybridized carbons (Fsp3) is 0.444. The molecule has 3 aromatic heterocycles. The summed E-state index contributed by atoms with van der Waals surface area (Å²) in [6.07, 6.45) is 1.28. The van der Waals surface area contributed by atoms with E-state index in [9.17, 15) is 8.42 Å². The molecule has 4 atom stereocenters. The van der Waals surface area contributed by atoms with Crippen LogP contribution in [0.2, 0.25) is 0 Å². The van der Waals surface area contributed by atoms with Crippen molar-refractivity contribution in [2.75, 3.05) is 23.4 Å². The van der Waals surface area contributed by atoms with Crippen molar-refractivity contribution in [3.8, 4) is 10.6 Å². The van der Waals surface area contributed by atoms with Gasteiger partial charge in [-0.3, -0.25) is 0 Å². The van der Waals surface area contributed by atoms with Gasteiger partial charge in [0.05, 0.1) is 46.4 Å². The number of thiophene rings is 1. The van der Waals surface area contributed by atoms with Crippen LogP contribution in [0.25, 0.3) is 20.8 Å². The van der Waals surface area contributed by atoms with Crippen molar-refractivity contribution in [3.63, 3.8) is 0 Å². The Bertz CT molecular complexity index is 1590. The normalized spacial score (nSPS) is 23.9. The van der Waals surface area contributed by atoms with Gasteiger partial charge in [-0.05, 0) is 50.8 Å². The molecule has 0 spiro atoms. The molecule has 0 bridgehead atoms. The summed E-state index contributed by atoms with van der Waals surface area (Å²) in [6, 6.07) is 12.0. The summed E-state index contributed by atoms with van der Waals surface area (Å²) in [4.78, 5) is 15.8. The summed E-state index contributed by atoms with van der Waals surface area (Å²) in [7, 11) is -3.34. The lowest BCUT2D eigenvalue weighted by Gasteiger charge is -2.25. The molecule has 40 heavy (non-hydrogen) atoms. The predicted octanol–water partition coefficient (Wildman–Crippen LogP) is 4.61. The molecular formula is C27H32N6O4S3. The number of hydrogen-bond donors (Lipinski definition) is 3. The van der Waals surface area contributed by atoms with E-state index in [0.29, 0.717) is 24.7 Å². The number of thiazole rings is 1. The van der Waals surface area contributed by atoms with Gasteiger partial charge in [-0.15, -0.1) is 22.7 Å². The van der Waals surface area contributed by atoms with Crippen LogP contribution in [0.1, 0.15) is 30.8 Å². The Morgan fingerprint density at radius 3 is 2.62 bits per heavy atom. The second-order valence-electron chi connectivity index (χ2n) is 10.7. The van der Waals surface area contributed by atoms with Crippen molar-refractivity contribution in [2.24, 2.45) is 5.92 Å². The molecule has 2 fully saturated rings. The largest absolute Gasteiger partial charge is 0.364 e. The van der Waals surface area contributed by atoms with Crippen LogP contribution in [-0.4, -0.2) is 60.2 Å². The van der Waals surface area contributed by atoms with E-state index < -0.39 is 15.8 Å². The quantitative estimate of drug-likeness (QED) is 0.252. The van der Waals surface area contributed by atoms with E-state index in [1.165, 1.54) is 11.1 Å². The molecule has 1 aliphatic carbocycles. The highest BCUT2D eigenvalue weighted by molar-refractivity contribution is 7.88. The maximum Gasteiger partial charge on any atom is 0.225 e. The predicted molar refractivity (Wildman–Crippen MR) is 159 cm³/mol. The van der Waals surface area contributed by atoms with Gasteiger partial charge in [0.15, 0.2) is 5.79 Å². The van der Waals surface area contributed by atoms with E-state index in [0.717, 1.165) is 26.5 Å². The summed E-state index contributed by atoms with van der Waals surface area (Å²) in [5, 5.41) is 9.90. The maximum atomic E-state index is 11.8. The van der Waals surface area contributed by atoms with Crippen LogP contribution in [0.5, 0.6) is 0 Å². The Morgan fingerprint density at radius 1 is 1.07 bits per heavy atom. The molecule has 212 valence electrons. The number of sulfonamides is 1. The van der Waals surface area contributed by atoms with Gasteiger partial charge < -0.3 is 20.1 Å². The Labute approximate surface area is 241 Å². The van der Waals surface area contributed by atoms with Crippen molar-refractivity contribution in [1.29, 1.82) is 0 Å². The molecule has 3 N–H and O–H groups in total. The van der Waals surface area contributed by atoms with Crippen LogP contribution in [0.15, 0.2) is 41.8 Å². The minimum Gasteiger partial charge on any atom is -0.364 e. The first-order chi connectivity index (χ1) is 19.0. The summed E-state index contributed by atoms with van der Waals surface area (Å²) in [5.74, 6) is 0.342. The van der Waals surface area contributed by atoms with Gasteiger partial charge >= 0.3 is 0 Å². The number of benzene rings is 1. The third-order valence-corrected chi connectivity index (χ3v) is 9.73. The zero-order valence-electron chi connectivity index (χ0n) is 22.7. The number of para-hydroxylation sites is 1. The Morgan fingerprint density at radius 2 is 1.88 bits per heavy atom. The smallest absolute Gasteiger partial charge is 0.225 e. The van der Waals surface area contributed by atoms with Crippen LogP contribution >= 0.6 is 22.7 Å². The highest BCUT2D eigenvalue weighted by Crippen LogP contribution is 2.44. The Hall–Kier alpha value is -2.68. The molecule has 0 amide bonds. The SMILES string of the molecule is Cc1nc(NCc2cccs2)nc(NC2CC(CNS(C)(=O)=O)C3OC(C)(C)OC23)c1-c1nc2ccccc2s1. The second-order valence-corrected chi connectivity index (χ2v) is 14.6. The molecule has 1 aliphatic heterocycles. The summed E-state index contributed by atoms with van der Waals surface area (Å²) >= 11 is 3.28. The fourth-order valence-electron chi connectivity index (χ4n) is 5.43. The first-order valence-electron chi connectivity index (χ1n) is 13.1. The molecule has 0 radical (unpaired) electrons. The van der Waals surface area contributed by atoms with Gasteiger partial charge in [-0.2, -0.15) is 4.98 Å². The van der Waals surface area contributed by atoms with Crippen molar-refractivity contribution < 1.29 is 17.9 Å². The third-order valence-electron chi connectivity index (χ3n) is 7.11. The van der Waals surface area contributed by atoms with Crippen LogP contribution in [0.4, 0.5) is 11.8 Å². The number of nitrogens with zero attached hydrogens (tertiary/aromatic N) is 3. The van der Waals surface area contributed by atoms with E-state index >= 15 is 0 Å². The molecule has 4 aromatic rings. The minimum absolute atomic E-state index is 0.0655. The average Bonchev–Trinajstić information content (AvgIpc) is 3.65. The highest BCUT2D eigenvalue weighted by atomic mass is 32.2. The van der Waals surface area contributed by atoms with Crippen molar-refractivity contribution in [1.82, 2.24) is 19.7 Å². The highest BCUT2D eigenvalue weighted by Gasteiger charge is 2.54. The van der Waals surface area contributed by atoms with Crippen molar-refractivity contribution >= 4 is 54.7 Å². The lowest BCUT2D eigenvalue weighted by Crippen LogP contribution is -2.35. The number of aromatic nitrogens is 3. The fourth-order valence-corrected chi connectivity index (χ4v) is 7.66. The monoisotopic (exact) mass is 600 g/mol. The number of nitrogens with one attached hydrogen (secondary N) is 3. The number of rotatable bonds is 9. The van der Waals surface area contributed by atoms with E-state index in [4.69, 9.17) is 24.4 Å². The zero-order chi connectivity index (χ0) is 28.1. The van der Waals surface area contributed by atoms with Gasteiger partial charge in [-0.1, -0.05) is 18.2 Å². The Kier molecular flexibility index (Phi) is 7.30. The number of hydrogen-bond acceptors (Lipinski definition) is 11. The van der Waals surface area contributed by atoms with E-state index in [-0.39, 0.29) is 30.7 Å². The van der Waals surface area contributed by atoms with Crippen molar-refractivity contribution in [3.05, 3.63) is 52.3 Å². The number of aryl methyl sites for hydroxylation is 1. The molecule has 1 aromatic carbocycles. The lowest BCUT2D eigenvalue weighted by atomic mass is 10.1. The molecule has 4 unspecified atom stereocenters. The van der Waals surface area contributed by atoms with Gasteiger partial charge in [0.25, 0.3) is 0 Å². The van der Waals surface area contributed by atoms with Crippen LogP contribution < -0.4 is 15.4 Å². The summed E-state index contributed by atoms with van der Waals surface area (Å²) in [5.41, 5.74) is 2.57. The molecule has 4 heterocycles. The van der Waals surface area contributed by atoms with Gasteiger partial charge in [0.2, 0.25) is 16.0 Å². The van der Waals surface area contributed by atoms with Gasteiger partial charge in [-0.25, -0.2) is 23.1 Å². The van der Waals surface area contributed by atoms with Gasteiger partial charge in [0, 0.05) is 17.3 Å². The standard InChI is InChI=1S/C27H32N6O4S3/c1-15-21(25-32-18-9-5-6-10-20(18)39-25)24(33-26(30-15)28-14-17-8-7-11-38-17)31-19-12-16(13-29-40(4,34)35)22-23(19)37-27(2,3)36-22/h5-11,16,19,22-23,29H,12-14H2,1-4H3,(H2,28,30,31,33). The first kappa shape index (κ1) is 27.5. The maximum absolute atomic E-state index is 11.8. The van der Waals surface area contributed by atoms with Crippen LogP contribution in [0, 0.1) is 12.8 Å². The molecule has 10 nitrogen and oxygen atoms in total. The third kappa shape index (κ3) is 5.85. The minimum atomic E-state index is -3.34. The summed E-state index contributed by atoms with van der Waals surface area (Å²) in [6.45, 7) is 6.64. The molecule has 1 saturated carbocycles. The second kappa shape index (κ2) is 10.6. The molecule has 1 saturated heterocycles. The summed E-state index contributed by atoms with van der Waals surface area (Å²) < 4.78 is 40.0. The Balaban J connectivity index is 1.35. The van der Waals surface area contributed by atoms with Crippen LogP contribution in [-0.2, 0) is 26.0 Å². The zero-order valence-corrected chi connectivity index (χ0v) is 25.1. The molecular weight excluding hydrogens is 569 g/mol. The van der Waals surface area contributed by atoms with E-state index in [1.807, 2.05) is 50.4 Å². The molecule has 6 rings (SSSR count). The van der Waals surface area contributed by atoms with Crippen molar-refractivity contribution in [2.45, 2.75) is 57.8 Å². The first-order valence-corrected chi connectivity index (χ1v) is 16.7. The number of ether oxygens (including phenoxy) is 2. The number of fused-ring (bicyclic) bond motifs is 2. The van der Waals surface area contributed by atoms with Gasteiger partial charge in [0.1, 0.15) is 16.9 Å². The molecule has 2 aliphatic rings. The van der Waals surface area contributed by atoms with E-state index in [1.54, 1.807) is 22.7 Å². The number of anilines is 2. The van der Waals surface area contributed by atoms with E-state index in [2.05, 4.69) is 27.5 Å². The average molecular weight is 601 g/mol. The van der Waals surface area contributed by atoms with Crippen LogP contribution in [0.3, 0.4) is 0 Å². The topological polar surface area (TPSA) is 127 Å².